The summed E-state index contributed by atoms with van der Waals surface area (Å²) in [5, 5.41) is 0. The minimum absolute atomic E-state index is 0. The molecule has 0 saturated carbocycles. The summed E-state index contributed by atoms with van der Waals surface area (Å²) in [4.78, 5) is 14.6. The number of rotatable bonds is 10. The molecule has 0 aliphatic carbocycles. The molecule has 1 fully saturated rings. The van der Waals surface area contributed by atoms with Crippen molar-refractivity contribution >= 4 is 18.3 Å². The zero-order valence-corrected chi connectivity index (χ0v) is 14.5. The Morgan fingerprint density at radius 3 is 2.10 bits per heavy atom. The van der Waals surface area contributed by atoms with Crippen LogP contribution in [0.25, 0.3) is 0 Å². The van der Waals surface area contributed by atoms with Gasteiger partial charge in [-0.3, -0.25) is 4.79 Å². The third kappa shape index (κ3) is 7.48. The molecule has 1 aliphatic heterocycles. The number of carbonyl (C=O) groups excluding carboxylic acids is 1. The van der Waals surface area contributed by atoms with Gasteiger partial charge in [0.05, 0.1) is 6.10 Å². The Balaban J connectivity index is 0.00000400. The predicted molar refractivity (Wildman–Crippen MR) is 89.8 cm³/mol. The fourth-order valence-electron chi connectivity index (χ4n) is 2.70. The van der Waals surface area contributed by atoms with Crippen LogP contribution in [0.15, 0.2) is 0 Å². The number of nitrogens with zero attached hydrogens (tertiary/aromatic N) is 1. The number of unbranched alkanes of at least 4 members (excludes halogenated alkanes) is 4. The number of nitrogens with two attached hydrogens (primary N) is 1. The smallest absolute Gasteiger partial charge is 0.251 e. The number of amides is 1. The Labute approximate surface area is 136 Å². The third-order valence-corrected chi connectivity index (χ3v) is 4.02. The molecule has 126 valence electrons. The lowest BCUT2D eigenvalue weighted by Crippen LogP contribution is -2.40. The molecule has 0 aromatic rings. The van der Waals surface area contributed by atoms with Gasteiger partial charge in [0.15, 0.2) is 0 Å². The molecule has 1 amide bonds. The topological polar surface area (TPSA) is 55.6 Å². The third-order valence-electron chi connectivity index (χ3n) is 4.02. The van der Waals surface area contributed by atoms with Gasteiger partial charge < -0.3 is 15.4 Å². The number of ether oxygens (including phenoxy) is 1. The van der Waals surface area contributed by atoms with Gasteiger partial charge in [0.25, 0.3) is 5.91 Å². The number of halogens is 1. The Morgan fingerprint density at radius 2 is 1.67 bits per heavy atom. The second-order valence-electron chi connectivity index (χ2n) is 5.80. The van der Waals surface area contributed by atoms with E-state index in [1.54, 1.807) is 0 Å². The van der Waals surface area contributed by atoms with Crippen LogP contribution in [0.2, 0.25) is 0 Å². The number of hydrogen-bond donors (Lipinski definition) is 1. The van der Waals surface area contributed by atoms with Crippen LogP contribution in [-0.2, 0) is 9.53 Å². The molecule has 4 nitrogen and oxygen atoms in total. The molecular weight excluding hydrogens is 288 g/mol. The Hall–Kier alpha value is -0.320. The van der Waals surface area contributed by atoms with Gasteiger partial charge in [-0.2, -0.15) is 0 Å². The lowest BCUT2D eigenvalue weighted by Gasteiger charge is -2.25. The Bertz CT molecular complexity index is 267. The minimum atomic E-state index is -0.244. The van der Waals surface area contributed by atoms with E-state index in [1.807, 2.05) is 4.90 Å². The quantitative estimate of drug-likeness (QED) is 0.629. The lowest BCUT2D eigenvalue weighted by atomic mass is 10.1. The first-order chi connectivity index (χ1) is 9.72. The minimum Gasteiger partial charge on any atom is -0.364 e. The van der Waals surface area contributed by atoms with Gasteiger partial charge in [-0.25, -0.2) is 0 Å². The van der Waals surface area contributed by atoms with E-state index >= 15 is 0 Å². The van der Waals surface area contributed by atoms with E-state index in [0.29, 0.717) is 6.54 Å². The van der Waals surface area contributed by atoms with E-state index in [1.165, 1.54) is 25.7 Å². The highest BCUT2D eigenvalue weighted by molar-refractivity contribution is 5.85. The van der Waals surface area contributed by atoms with Crippen molar-refractivity contribution in [1.29, 1.82) is 0 Å². The Kier molecular flexibility index (Phi) is 12.1. The molecule has 0 spiro atoms. The second-order valence-corrected chi connectivity index (χ2v) is 5.80. The number of carbonyl (C=O) groups is 1. The monoisotopic (exact) mass is 320 g/mol. The maximum Gasteiger partial charge on any atom is 0.251 e. The van der Waals surface area contributed by atoms with Gasteiger partial charge in [-0.1, -0.05) is 39.5 Å². The van der Waals surface area contributed by atoms with E-state index in [2.05, 4.69) is 13.8 Å². The molecule has 2 N–H and O–H groups in total. The first-order valence-electron chi connectivity index (χ1n) is 8.37. The molecule has 5 heteroatoms. The molecule has 1 aliphatic rings. The van der Waals surface area contributed by atoms with Crippen molar-refractivity contribution < 1.29 is 9.53 Å². The molecule has 0 bridgehead atoms. The van der Waals surface area contributed by atoms with Crippen LogP contribution in [0.1, 0.15) is 65.2 Å². The number of hydrogen-bond acceptors (Lipinski definition) is 3. The van der Waals surface area contributed by atoms with Gasteiger partial charge in [0.2, 0.25) is 0 Å². The zero-order valence-electron chi connectivity index (χ0n) is 13.7. The van der Waals surface area contributed by atoms with Crippen LogP contribution in [0.3, 0.4) is 0 Å². The van der Waals surface area contributed by atoms with Gasteiger partial charge in [0.1, 0.15) is 6.10 Å². The summed E-state index contributed by atoms with van der Waals surface area (Å²) >= 11 is 0. The van der Waals surface area contributed by atoms with Crippen molar-refractivity contribution in [3.05, 3.63) is 0 Å². The molecule has 0 aromatic carbocycles. The first kappa shape index (κ1) is 20.7. The van der Waals surface area contributed by atoms with Crippen LogP contribution in [-0.4, -0.2) is 42.6 Å². The maximum atomic E-state index is 12.6. The lowest BCUT2D eigenvalue weighted by molar-refractivity contribution is -0.143. The summed E-state index contributed by atoms with van der Waals surface area (Å²) in [5.41, 5.74) is 5.62. The average Bonchev–Trinajstić information content (AvgIpc) is 2.94. The normalized spacial score (nSPS) is 21.1. The van der Waals surface area contributed by atoms with Crippen molar-refractivity contribution in [3.8, 4) is 0 Å². The predicted octanol–water partition coefficient (Wildman–Crippen LogP) is 3.12. The summed E-state index contributed by atoms with van der Waals surface area (Å²) in [6.45, 7) is 6.66. The van der Waals surface area contributed by atoms with Crippen LogP contribution < -0.4 is 5.73 Å². The first-order valence-corrected chi connectivity index (χ1v) is 8.37. The highest BCUT2D eigenvalue weighted by Crippen LogP contribution is 2.21. The molecule has 0 unspecified atom stereocenters. The molecule has 0 radical (unpaired) electrons. The summed E-state index contributed by atoms with van der Waals surface area (Å²) in [6.07, 6.45) is 8.54. The average molecular weight is 321 g/mol. The summed E-state index contributed by atoms with van der Waals surface area (Å²) in [5.74, 6) is 0.188. The van der Waals surface area contributed by atoms with Gasteiger partial charge >= 0.3 is 0 Å². The molecule has 1 rings (SSSR count). The summed E-state index contributed by atoms with van der Waals surface area (Å²) in [7, 11) is 0. The van der Waals surface area contributed by atoms with E-state index in [9.17, 15) is 4.79 Å². The largest absolute Gasteiger partial charge is 0.364 e. The fourth-order valence-corrected chi connectivity index (χ4v) is 2.70. The van der Waals surface area contributed by atoms with Crippen LogP contribution in [0, 0.1) is 0 Å². The highest BCUT2D eigenvalue weighted by atomic mass is 35.5. The molecule has 0 aromatic heterocycles. The van der Waals surface area contributed by atoms with E-state index in [4.69, 9.17) is 10.5 Å². The molecule has 1 saturated heterocycles. The van der Waals surface area contributed by atoms with Crippen LogP contribution in [0.5, 0.6) is 0 Å². The van der Waals surface area contributed by atoms with Crippen molar-refractivity contribution in [2.24, 2.45) is 5.73 Å². The zero-order chi connectivity index (χ0) is 14.8. The van der Waals surface area contributed by atoms with Gasteiger partial charge in [0, 0.05) is 19.6 Å². The molecular formula is C16H33ClN2O2. The summed E-state index contributed by atoms with van der Waals surface area (Å²) in [6, 6.07) is 0. The molecule has 21 heavy (non-hydrogen) atoms. The Morgan fingerprint density at radius 1 is 1.10 bits per heavy atom. The van der Waals surface area contributed by atoms with Crippen LogP contribution >= 0.6 is 12.4 Å². The van der Waals surface area contributed by atoms with Crippen molar-refractivity contribution in [2.75, 3.05) is 19.6 Å². The highest BCUT2D eigenvalue weighted by Gasteiger charge is 2.32. The summed E-state index contributed by atoms with van der Waals surface area (Å²) < 4.78 is 5.75. The van der Waals surface area contributed by atoms with Gasteiger partial charge in [-0.15, -0.1) is 12.4 Å². The van der Waals surface area contributed by atoms with Gasteiger partial charge in [-0.05, 0) is 25.7 Å². The second kappa shape index (κ2) is 12.2. The van der Waals surface area contributed by atoms with E-state index < -0.39 is 0 Å². The molecule has 2 atom stereocenters. The standard InChI is InChI=1S/C16H32N2O2.ClH/c1-3-5-7-11-18(12-8-6-4-2)16(19)15-10-9-14(13-17)20-15;/h14-15H,3-13,17H2,1-2H3;1H/t14-,15+;/m1./s1. The fraction of sp³-hybridized carbons (Fsp3) is 0.938. The van der Waals surface area contributed by atoms with Crippen molar-refractivity contribution in [1.82, 2.24) is 4.90 Å². The SMILES string of the molecule is CCCCCN(CCCCC)C(=O)[C@@H]1CC[C@H](CN)O1.Cl. The maximum absolute atomic E-state index is 12.6. The van der Waals surface area contributed by atoms with Crippen LogP contribution in [0.4, 0.5) is 0 Å². The van der Waals surface area contributed by atoms with E-state index in [0.717, 1.165) is 38.8 Å². The van der Waals surface area contributed by atoms with Crippen molar-refractivity contribution in [2.45, 2.75) is 77.4 Å². The van der Waals surface area contributed by atoms with Crippen molar-refractivity contribution in [3.63, 3.8) is 0 Å². The molecule has 1 heterocycles. The van der Waals surface area contributed by atoms with E-state index in [-0.39, 0.29) is 30.5 Å².